The minimum atomic E-state index is -0.445. The molecule has 120 valence electrons. The highest BCUT2D eigenvalue weighted by molar-refractivity contribution is 7.17. The molecule has 2 aromatic rings. The van der Waals surface area contributed by atoms with Crippen molar-refractivity contribution in [2.75, 3.05) is 20.3 Å². The molecule has 1 N–H and O–H groups in total. The van der Waals surface area contributed by atoms with Gasteiger partial charge in [-0.3, -0.25) is 18.7 Å². The Morgan fingerprint density at radius 3 is 2.82 bits per heavy atom. The van der Waals surface area contributed by atoms with Gasteiger partial charge < -0.3 is 10.1 Å². The highest BCUT2D eigenvalue weighted by Crippen LogP contribution is 2.15. The first-order valence-electron chi connectivity index (χ1n) is 7.06. The van der Waals surface area contributed by atoms with Crippen molar-refractivity contribution in [1.29, 1.82) is 0 Å². The molecular formula is C14H19N3O4S. The quantitative estimate of drug-likeness (QED) is 0.747. The first-order valence-corrected chi connectivity index (χ1v) is 7.94. The molecule has 0 unspecified atom stereocenters. The van der Waals surface area contributed by atoms with Crippen molar-refractivity contribution in [2.24, 2.45) is 0 Å². The number of methoxy groups -OCH3 is 1. The Bertz CT molecular complexity index is 774. The molecule has 0 fully saturated rings. The lowest BCUT2D eigenvalue weighted by molar-refractivity contribution is -0.121. The molecule has 0 aromatic carbocycles. The molecule has 2 aromatic heterocycles. The normalized spacial score (nSPS) is 11.0. The van der Waals surface area contributed by atoms with E-state index in [2.05, 4.69) is 5.32 Å². The van der Waals surface area contributed by atoms with E-state index in [1.54, 1.807) is 18.6 Å². The van der Waals surface area contributed by atoms with Gasteiger partial charge in [0.1, 0.15) is 11.2 Å². The second-order valence-electron chi connectivity index (χ2n) is 4.80. The van der Waals surface area contributed by atoms with Crippen molar-refractivity contribution < 1.29 is 9.53 Å². The fourth-order valence-electron chi connectivity index (χ4n) is 2.20. The minimum absolute atomic E-state index is 0.111. The summed E-state index contributed by atoms with van der Waals surface area (Å²) in [5, 5.41) is 4.43. The van der Waals surface area contributed by atoms with Gasteiger partial charge in [-0.25, -0.2) is 4.79 Å². The number of rotatable bonds is 7. The SMILES string of the molecule is CCCn1c(=O)c2sccc2n(CC(=O)NCCOC)c1=O. The summed E-state index contributed by atoms with van der Waals surface area (Å²) in [5.41, 5.74) is -0.221. The van der Waals surface area contributed by atoms with Gasteiger partial charge in [0.05, 0.1) is 12.1 Å². The standard InChI is InChI=1S/C14H19N3O4S/c1-3-6-16-13(19)12-10(4-8-22-12)17(14(16)20)9-11(18)15-5-7-21-2/h4,8H,3,5-7,9H2,1-2H3,(H,15,18). The number of carbonyl (C=O) groups excluding carboxylic acids is 1. The van der Waals surface area contributed by atoms with Crippen LogP contribution in [0.4, 0.5) is 0 Å². The summed E-state index contributed by atoms with van der Waals surface area (Å²) < 4.78 is 7.91. The van der Waals surface area contributed by atoms with Gasteiger partial charge in [-0.1, -0.05) is 6.92 Å². The van der Waals surface area contributed by atoms with Crippen molar-refractivity contribution in [3.05, 3.63) is 32.3 Å². The third kappa shape index (κ3) is 3.28. The second-order valence-corrected chi connectivity index (χ2v) is 5.72. The topological polar surface area (TPSA) is 82.3 Å². The number of ether oxygens (including phenoxy) is 1. The molecule has 0 saturated heterocycles. The molecule has 0 aliphatic rings. The van der Waals surface area contributed by atoms with Crippen LogP contribution in [0.1, 0.15) is 13.3 Å². The summed E-state index contributed by atoms with van der Waals surface area (Å²) in [4.78, 5) is 36.7. The molecular weight excluding hydrogens is 306 g/mol. The maximum atomic E-state index is 12.5. The number of thiophene rings is 1. The molecule has 0 spiro atoms. The van der Waals surface area contributed by atoms with E-state index in [9.17, 15) is 14.4 Å². The summed E-state index contributed by atoms with van der Waals surface area (Å²) in [6.45, 7) is 2.91. The molecule has 0 aliphatic heterocycles. The van der Waals surface area contributed by atoms with E-state index in [4.69, 9.17) is 4.74 Å². The molecule has 7 nitrogen and oxygen atoms in total. The summed E-state index contributed by atoms with van der Waals surface area (Å²) in [6.07, 6.45) is 0.673. The first kappa shape index (κ1) is 16.4. The van der Waals surface area contributed by atoms with Crippen LogP contribution in [0.2, 0.25) is 0 Å². The van der Waals surface area contributed by atoms with Crippen molar-refractivity contribution in [2.45, 2.75) is 26.4 Å². The van der Waals surface area contributed by atoms with Gasteiger partial charge >= 0.3 is 5.69 Å². The molecule has 0 aliphatic carbocycles. The second kappa shape index (κ2) is 7.37. The lowest BCUT2D eigenvalue weighted by Crippen LogP contribution is -2.42. The summed E-state index contributed by atoms with van der Waals surface area (Å²) in [5.74, 6) is -0.284. The van der Waals surface area contributed by atoms with E-state index in [0.29, 0.717) is 36.3 Å². The van der Waals surface area contributed by atoms with Gasteiger partial charge in [-0.05, 0) is 17.9 Å². The van der Waals surface area contributed by atoms with Crippen LogP contribution in [0.3, 0.4) is 0 Å². The third-order valence-corrected chi connectivity index (χ3v) is 4.11. The number of hydrogen-bond acceptors (Lipinski definition) is 5. The Labute approximate surface area is 131 Å². The van der Waals surface area contributed by atoms with Crippen molar-refractivity contribution >= 4 is 27.5 Å². The van der Waals surface area contributed by atoms with E-state index in [1.807, 2.05) is 6.92 Å². The fraction of sp³-hybridized carbons (Fsp3) is 0.500. The van der Waals surface area contributed by atoms with E-state index < -0.39 is 5.69 Å². The zero-order valence-electron chi connectivity index (χ0n) is 12.6. The molecule has 0 radical (unpaired) electrons. The van der Waals surface area contributed by atoms with Gasteiger partial charge in [-0.2, -0.15) is 0 Å². The maximum absolute atomic E-state index is 12.5. The predicted octanol–water partition coefficient (Wildman–Crippen LogP) is 0.397. The average Bonchev–Trinajstić information content (AvgIpc) is 2.98. The van der Waals surface area contributed by atoms with Crippen LogP contribution in [0.25, 0.3) is 10.2 Å². The van der Waals surface area contributed by atoms with E-state index in [-0.39, 0.29) is 18.0 Å². The Balaban J connectivity index is 2.40. The molecule has 2 rings (SSSR count). The third-order valence-electron chi connectivity index (χ3n) is 3.21. The van der Waals surface area contributed by atoms with Crippen molar-refractivity contribution in [3.63, 3.8) is 0 Å². The van der Waals surface area contributed by atoms with Gasteiger partial charge in [0.25, 0.3) is 5.56 Å². The summed E-state index contributed by atoms with van der Waals surface area (Å²) >= 11 is 1.28. The minimum Gasteiger partial charge on any atom is -0.383 e. The summed E-state index contributed by atoms with van der Waals surface area (Å²) in [6, 6.07) is 1.70. The van der Waals surface area contributed by atoms with E-state index in [0.717, 1.165) is 0 Å². The number of hydrogen-bond donors (Lipinski definition) is 1. The first-order chi connectivity index (χ1) is 10.6. The number of amides is 1. The van der Waals surface area contributed by atoms with Crippen LogP contribution in [-0.4, -0.2) is 35.3 Å². The predicted molar refractivity (Wildman–Crippen MR) is 85.5 cm³/mol. The van der Waals surface area contributed by atoms with Crippen molar-refractivity contribution in [3.8, 4) is 0 Å². The molecule has 22 heavy (non-hydrogen) atoms. The molecule has 0 bridgehead atoms. The lowest BCUT2D eigenvalue weighted by atomic mass is 10.4. The monoisotopic (exact) mass is 325 g/mol. The Morgan fingerprint density at radius 1 is 1.36 bits per heavy atom. The van der Waals surface area contributed by atoms with Crippen LogP contribution in [0.15, 0.2) is 21.0 Å². The van der Waals surface area contributed by atoms with Crippen LogP contribution in [0, 0.1) is 0 Å². The molecule has 1 amide bonds. The average molecular weight is 325 g/mol. The van der Waals surface area contributed by atoms with E-state index >= 15 is 0 Å². The van der Waals surface area contributed by atoms with Gasteiger partial charge in [0.15, 0.2) is 0 Å². The summed E-state index contributed by atoms with van der Waals surface area (Å²) in [7, 11) is 1.55. The lowest BCUT2D eigenvalue weighted by Gasteiger charge is -2.11. The number of aromatic nitrogens is 2. The Morgan fingerprint density at radius 2 is 2.14 bits per heavy atom. The van der Waals surface area contributed by atoms with Crippen molar-refractivity contribution in [1.82, 2.24) is 14.5 Å². The molecule has 0 atom stereocenters. The Hall–Kier alpha value is -1.93. The van der Waals surface area contributed by atoms with Crippen LogP contribution < -0.4 is 16.6 Å². The van der Waals surface area contributed by atoms with Crippen LogP contribution >= 0.6 is 11.3 Å². The number of carbonyl (C=O) groups is 1. The van der Waals surface area contributed by atoms with Gasteiger partial charge in [0, 0.05) is 20.2 Å². The number of fused-ring (bicyclic) bond motifs is 1. The largest absolute Gasteiger partial charge is 0.383 e. The molecule has 0 saturated carbocycles. The van der Waals surface area contributed by atoms with Gasteiger partial charge in [0.2, 0.25) is 5.91 Å². The van der Waals surface area contributed by atoms with E-state index in [1.165, 1.54) is 20.5 Å². The number of nitrogens with zero attached hydrogens (tertiary/aromatic N) is 2. The molecule has 2 heterocycles. The smallest absolute Gasteiger partial charge is 0.332 e. The highest BCUT2D eigenvalue weighted by atomic mass is 32.1. The fourth-order valence-corrected chi connectivity index (χ4v) is 3.04. The maximum Gasteiger partial charge on any atom is 0.332 e. The molecule has 8 heteroatoms. The Kier molecular flexibility index (Phi) is 5.51. The van der Waals surface area contributed by atoms with Gasteiger partial charge in [-0.15, -0.1) is 11.3 Å². The zero-order valence-corrected chi connectivity index (χ0v) is 13.4. The zero-order chi connectivity index (χ0) is 16.1. The van der Waals surface area contributed by atoms with Crippen LogP contribution in [0.5, 0.6) is 0 Å². The van der Waals surface area contributed by atoms with Crippen LogP contribution in [-0.2, 0) is 22.6 Å². The highest BCUT2D eigenvalue weighted by Gasteiger charge is 2.15. The number of nitrogens with one attached hydrogen (secondary N) is 1.